The first-order valence-electron chi connectivity index (χ1n) is 6.73. The molecule has 0 bridgehead atoms. The van der Waals surface area contributed by atoms with E-state index in [1.165, 1.54) is 18.2 Å². The predicted molar refractivity (Wildman–Crippen MR) is 82.9 cm³/mol. The van der Waals surface area contributed by atoms with Crippen molar-refractivity contribution in [3.05, 3.63) is 69.3 Å². The van der Waals surface area contributed by atoms with Crippen LogP contribution in [0.5, 0.6) is 0 Å². The highest BCUT2D eigenvalue weighted by molar-refractivity contribution is 6.05. The minimum absolute atomic E-state index is 0.0922. The molecule has 0 saturated heterocycles. The molecule has 0 aliphatic rings. The molecule has 0 aliphatic heterocycles. The van der Waals surface area contributed by atoms with Gasteiger partial charge in [0.15, 0.2) is 0 Å². The molecule has 2 aromatic carbocycles. The van der Waals surface area contributed by atoms with E-state index in [4.69, 9.17) is 0 Å². The van der Waals surface area contributed by atoms with Gasteiger partial charge in [0.05, 0.1) is 11.0 Å². The molecule has 22 heavy (non-hydrogen) atoms. The number of carbonyl (C=O) groups is 1. The molecule has 0 radical (unpaired) electrons. The van der Waals surface area contributed by atoms with Gasteiger partial charge in [-0.3, -0.25) is 14.9 Å². The topological polar surface area (TPSA) is 92.5 Å². The predicted octanol–water partition coefficient (Wildman–Crippen LogP) is 3.21. The number of amides is 1. The van der Waals surface area contributed by atoms with Crippen molar-refractivity contribution >= 4 is 17.3 Å². The zero-order valence-electron chi connectivity index (χ0n) is 12.2. The third-order valence-electron chi connectivity index (χ3n) is 3.37. The number of aliphatic hydroxyl groups is 1. The van der Waals surface area contributed by atoms with Gasteiger partial charge in [-0.2, -0.15) is 0 Å². The molecule has 2 rings (SSSR count). The summed E-state index contributed by atoms with van der Waals surface area (Å²) < 4.78 is 0. The van der Waals surface area contributed by atoms with E-state index in [1.807, 2.05) is 0 Å². The molecule has 6 heteroatoms. The summed E-state index contributed by atoms with van der Waals surface area (Å²) in [4.78, 5) is 22.7. The first-order chi connectivity index (χ1) is 10.4. The third-order valence-corrected chi connectivity index (χ3v) is 3.37. The van der Waals surface area contributed by atoms with Crippen LogP contribution < -0.4 is 5.32 Å². The quantitative estimate of drug-likeness (QED) is 0.670. The Hall–Kier alpha value is -2.73. The molecule has 2 aromatic rings. The van der Waals surface area contributed by atoms with Crippen LogP contribution in [0.1, 0.15) is 34.5 Å². The van der Waals surface area contributed by atoms with Crippen LogP contribution in [0.15, 0.2) is 42.5 Å². The van der Waals surface area contributed by atoms with Crippen molar-refractivity contribution in [2.45, 2.75) is 20.0 Å². The van der Waals surface area contributed by atoms with Crippen molar-refractivity contribution in [3.63, 3.8) is 0 Å². The van der Waals surface area contributed by atoms with Crippen molar-refractivity contribution in [3.8, 4) is 0 Å². The fraction of sp³-hybridized carbons (Fsp3) is 0.188. The molecule has 0 fully saturated rings. The van der Waals surface area contributed by atoms with Crippen LogP contribution in [0.3, 0.4) is 0 Å². The summed E-state index contributed by atoms with van der Waals surface area (Å²) in [5.74, 6) is -0.427. The van der Waals surface area contributed by atoms with Crippen LogP contribution in [0.25, 0.3) is 0 Å². The Morgan fingerprint density at radius 3 is 2.59 bits per heavy atom. The lowest BCUT2D eigenvalue weighted by Gasteiger charge is -2.10. The molecule has 0 aliphatic carbocycles. The number of nitro groups is 1. The van der Waals surface area contributed by atoms with E-state index in [-0.39, 0.29) is 11.3 Å². The number of rotatable bonds is 4. The van der Waals surface area contributed by atoms with Crippen molar-refractivity contribution in [1.29, 1.82) is 0 Å². The molecule has 6 nitrogen and oxygen atoms in total. The number of nitro benzene ring substituents is 1. The highest BCUT2D eigenvalue weighted by Crippen LogP contribution is 2.23. The zero-order valence-corrected chi connectivity index (χ0v) is 12.2. The Kier molecular flexibility index (Phi) is 4.53. The number of anilines is 1. The SMILES string of the molecule is Cc1c(C(=O)Nc2cccc(C(C)O)c2)cccc1[N+](=O)[O-]. The summed E-state index contributed by atoms with van der Waals surface area (Å²) in [5, 5.41) is 23.2. The number of aliphatic hydroxyl groups excluding tert-OH is 1. The highest BCUT2D eigenvalue weighted by Gasteiger charge is 2.18. The van der Waals surface area contributed by atoms with Gasteiger partial charge in [-0.1, -0.05) is 18.2 Å². The molecular weight excluding hydrogens is 284 g/mol. The van der Waals surface area contributed by atoms with Gasteiger partial charge in [0, 0.05) is 22.9 Å². The second-order valence-corrected chi connectivity index (χ2v) is 4.96. The summed E-state index contributed by atoms with van der Waals surface area (Å²) >= 11 is 0. The summed E-state index contributed by atoms with van der Waals surface area (Å²) in [6.45, 7) is 3.17. The molecule has 1 unspecified atom stereocenters. The highest BCUT2D eigenvalue weighted by atomic mass is 16.6. The second-order valence-electron chi connectivity index (χ2n) is 4.96. The van der Waals surface area contributed by atoms with Crippen LogP contribution in [0.4, 0.5) is 11.4 Å². The molecule has 114 valence electrons. The lowest BCUT2D eigenvalue weighted by molar-refractivity contribution is -0.385. The Bertz CT molecular complexity index is 726. The van der Waals surface area contributed by atoms with Gasteiger partial charge >= 0.3 is 0 Å². The Morgan fingerprint density at radius 2 is 1.95 bits per heavy atom. The number of nitrogens with one attached hydrogen (secondary N) is 1. The first-order valence-corrected chi connectivity index (χ1v) is 6.73. The number of benzene rings is 2. The smallest absolute Gasteiger partial charge is 0.273 e. The molecule has 0 saturated carbocycles. The van der Waals surface area contributed by atoms with E-state index in [0.717, 1.165) is 0 Å². The van der Waals surface area contributed by atoms with Gasteiger partial charge in [-0.15, -0.1) is 0 Å². The van der Waals surface area contributed by atoms with Gasteiger partial charge in [0.2, 0.25) is 0 Å². The summed E-state index contributed by atoms with van der Waals surface area (Å²) in [6.07, 6.45) is -0.642. The Labute approximate surface area is 127 Å². The maximum absolute atomic E-state index is 12.3. The molecule has 1 atom stereocenters. The molecule has 0 heterocycles. The van der Waals surface area contributed by atoms with E-state index in [9.17, 15) is 20.0 Å². The van der Waals surface area contributed by atoms with Gasteiger partial charge in [-0.05, 0) is 37.6 Å². The van der Waals surface area contributed by atoms with E-state index >= 15 is 0 Å². The minimum atomic E-state index is -0.642. The van der Waals surface area contributed by atoms with Crippen LogP contribution in [0.2, 0.25) is 0 Å². The van der Waals surface area contributed by atoms with Gasteiger partial charge in [0.1, 0.15) is 0 Å². The number of nitrogens with zero attached hydrogens (tertiary/aromatic N) is 1. The van der Waals surface area contributed by atoms with Gasteiger partial charge in [0.25, 0.3) is 11.6 Å². The van der Waals surface area contributed by atoms with Crippen molar-refractivity contribution in [1.82, 2.24) is 0 Å². The van der Waals surface area contributed by atoms with Crippen molar-refractivity contribution < 1.29 is 14.8 Å². The van der Waals surface area contributed by atoms with E-state index in [1.54, 1.807) is 38.1 Å². The molecular formula is C16H16N2O4. The third kappa shape index (κ3) is 3.29. The largest absolute Gasteiger partial charge is 0.389 e. The lowest BCUT2D eigenvalue weighted by atomic mass is 10.1. The monoisotopic (exact) mass is 300 g/mol. The van der Waals surface area contributed by atoms with Crippen molar-refractivity contribution in [2.75, 3.05) is 5.32 Å². The second kappa shape index (κ2) is 6.36. The number of carbonyl (C=O) groups excluding carboxylic acids is 1. The standard InChI is InChI=1S/C16H16N2O4/c1-10-14(7-4-8-15(10)18(21)22)16(20)17-13-6-3-5-12(9-13)11(2)19/h3-9,11,19H,1-2H3,(H,17,20). The molecule has 1 amide bonds. The Balaban J connectivity index is 2.28. The average molecular weight is 300 g/mol. The molecule has 0 spiro atoms. The normalized spacial score (nSPS) is 11.8. The van der Waals surface area contributed by atoms with Crippen LogP contribution in [-0.4, -0.2) is 15.9 Å². The fourth-order valence-corrected chi connectivity index (χ4v) is 2.14. The van der Waals surface area contributed by atoms with Crippen LogP contribution in [-0.2, 0) is 0 Å². The Morgan fingerprint density at radius 1 is 1.27 bits per heavy atom. The lowest BCUT2D eigenvalue weighted by Crippen LogP contribution is -2.14. The molecule has 2 N–H and O–H groups in total. The van der Waals surface area contributed by atoms with Crippen LogP contribution >= 0.6 is 0 Å². The maximum atomic E-state index is 12.3. The summed E-state index contributed by atoms with van der Waals surface area (Å²) in [7, 11) is 0. The molecule has 0 aromatic heterocycles. The number of hydrogen-bond donors (Lipinski definition) is 2. The summed E-state index contributed by atoms with van der Waals surface area (Å²) in [6, 6.07) is 11.2. The first kappa shape index (κ1) is 15.7. The average Bonchev–Trinajstić information content (AvgIpc) is 2.47. The van der Waals surface area contributed by atoms with Crippen molar-refractivity contribution in [2.24, 2.45) is 0 Å². The van der Waals surface area contributed by atoms with Gasteiger partial charge < -0.3 is 10.4 Å². The zero-order chi connectivity index (χ0) is 16.3. The van der Waals surface area contributed by atoms with E-state index < -0.39 is 16.9 Å². The van der Waals surface area contributed by atoms with E-state index in [0.29, 0.717) is 16.8 Å². The fourth-order valence-electron chi connectivity index (χ4n) is 2.14. The summed E-state index contributed by atoms with van der Waals surface area (Å²) in [5.41, 5.74) is 1.67. The number of hydrogen-bond acceptors (Lipinski definition) is 4. The van der Waals surface area contributed by atoms with E-state index in [2.05, 4.69) is 5.32 Å². The van der Waals surface area contributed by atoms with Crippen LogP contribution in [0, 0.1) is 17.0 Å². The maximum Gasteiger partial charge on any atom is 0.273 e. The minimum Gasteiger partial charge on any atom is -0.389 e. The van der Waals surface area contributed by atoms with Gasteiger partial charge in [-0.25, -0.2) is 0 Å².